The third kappa shape index (κ3) is 2.28. The molecule has 0 atom stereocenters. The van der Waals surface area contributed by atoms with Gasteiger partial charge in [0.1, 0.15) is 9.84 Å². The van der Waals surface area contributed by atoms with Gasteiger partial charge in [0.05, 0.1) is 11.9 Å². The van der Waals surface area contributed by atoms with Crippen LogP contribution in [-0.2, 0) is 6.54 Å². The first-order chi connectivity index (χ1) is 10.6. The summed E-state index contributed by atoms with van der Waals surface area (Å²) in [5, 5.41) is 6.25. The molecule has 0 spiro atoms. The summed E-state index contributed by atoms with van der Waals surface area (Å²) in [4.78, 5) is 22.5. The number of hydrogen-bond donors (Lipinski definition) is 0. The second-order valence-electron chi connectivity index (χ2n) is 5.91. The van der Waals surface area contributed by atoms with Crippen molar-refractivity contribution in [3.8, 4) is 0 Å². The molecule has 0 saturated carbocycles. The summed E-state index contributed by atoms with van der Waals surface area (Å²) in [5.41, 5.74) is 1.01. The van der Waals surface area contributed by atoms with Gasteiger partial charge in [0, 0.05) is 4.88 Å². The van der Waals surface area contributed by atoms with E-state index in [9.17, 15) is 4.79 Å². The van der Waals surface area contributed by atoms with E-state index in [0.717, 1.165) is 45.3 Å². The quantitative estimate of drug-likeness (QED) is 0.723. The highest BCUT2D eigenvalue weighted by Crippen LogP contribution is 2.27. The molecule has 1 fully saturated rings. The van der Waals surface area contributed by atoms with E-state index < -0.39 is 0 Å². The Morgan fingerprint density at radius 1 is 1.14 bits per heavy atom. The number of aromatic nitrogens is 3. The number of hydrogen-bond acceptors (Lipinski definition) is 6. The van der Waals surface area contributed by atoms with E-state index in [-0.39, 0.29) is 5.56 Å². The maximum atomic E-state index is 12.7. The molecule has 0 N–H and O–H groups in total. The minimum Gasteiger partial charge on any atom is -0.297 e. The molecule has 0 radical (unpaired) electrons. The van der Waals surface area contributed by atoms with Crippen molar-refractivity contribution in [1.29, 1.82) is 0 Å². The van der Waals surface area contributed by atoms with E-state index in [1.807, 2.05) is 13.8 Å². The molecule has 5 nitrogen and oxygen atoms in total. The zero-order chi connectivity index (χ0) is 15.3. The van der Waals surface area contributed by atoms with Crippen LogP contribution in [0.25, 0.3) is 15.2 Å². The van der Waals surface area contributed by atoms with Gasteiger partial charge in [0.25, 0.3) is 5.56 Å². The van der Waals surface area contributed by atoms with Gasteiger partial charge in [-0.3, -0.25) is 9.69 Å². The molecule has 1 aliphatic heterocycles. The minimum absolute atomic E-state index is 0.0250. The highest BCUT2D eigenvalue weighted by molar-refractivity contribution is 7.19. The van der Waals surface area contributed by atoms with Gasteiger partial charge < -0.3 is 0 Å². The molecule has 0 unspecified atom stereocenters. The average Bonchev–Trinajstić information content (AvgIpc) is 3.02. The van der Waals surface area contributed by atoms with E-state index in [4.69, 9.17) is 0 Å². The first-order valence-corrected chi connectivity index (χ1v) is 9.27. The van der Waals surface area contributed by atoms with Crippen LogP contribution in [0.5, 0.6) is 0 Å². The summed E-state index contributed by atoms with van der Waals surface area (Å²) in [5.74, 6) is 0. The number of likely N-dealkylation sites (tertiary alicyclic amines) is 1. The van der Waals surface area contributed by atoms with Gasteiger partial charge in [-0.1, -0.05) is 17.8 Å². The van der Waals surface area contributed by atoms with Crippen LogP contribution >= 0.6 is 22.7 Å². The second-order valence-corrected chi connectivity index (χ2v) is 8.15. The van der Waals surface area contributed by atoms with Crippen LogP contribution in [0, 0.1) is 13.8 Å². The third-order valence-corrected chi connectivity index (χ3v) is 6.37. The molecule has 0 bridgehead atoms. The van der Waals surface area contributed by atoms with Crippen molar-refractivity contribution in [3.05, 3.63) is 25.8 Å². The number of aryl methyl sites for hydroxylation is 2. The summed E-state index contributed by atoms with van der Waals surface area (Å²) in [6, 6.07) is 0. The maximum Gasteiger partial charge on any atom is 0.284 e. The van der Waals surface area contributed by atoms with Crippen LogP contribution in [0.3, 0.4) is 0 Å². The van der Waals surface area contributed by atoms with Crippen LogP contribution < -0.4 is 5.56 Å². The first-order valence-electron chi connectivity index (χ1n) is 7.64. The molecular formula is C15H18N4OS2. The van der Waals surface area contributed by atoms with Crippen molar-refractivity contribution < 1.29 is 0 Å². The monoisotopic (exact) mass is 334 g/mol. The fraction of sp³-hybridized carbons (Fsp3) is 0.533. The molecule has 4 heterocycles. The lowest BCUT2D eigenvalue weighted by atomic mass is 10.1. The van der Waals surface area contributed by atoms with Gasteiger partial charge >= 0.3 is 0 Å². The molecule has 1 aliphatic rings. The van der Waals surface area contributed by atoms with E-state index in [0.29, 0.717) is 4.96 Å². The van der Waals surface area contributed by atoms with E-state index in [1.165, 1.54) is 23.8 Å². The van der Waals surface area contributed by atoms with Crippen molar-refractivity contribution in [3.63, 3.8) is 0 Å². The van der Waals surface area contributed by atoms with E-state index >= 15 is 0 Å². The lowest BCUT2D eigenvalue weighted by Crippen LogP contribution is -2.29. The molecular weight excluding hydrogens is 316 g/mol. The maximum absolute atomic E-state index is 12.7. The summed E-state index contributed by atoms with van der Waals surface area (Å²) in [6.45, 7) is 7.12. The molecule has 3 aromatic rings. The summed E-state index contributed by atoms with van der Waals surface area (Å²) < 4.78 is 1.49. The number of thiophene rings is 1. The van der Waals surface area contributed by atoms with E-state index in [1.54, 1.807) is 22.7 Å². The van der Waals surface area contributed by atoms with Crippen LogP contribution in [0.1, 0.15) is 34.7 Å². The van der Waals surface area contributed by atoms with Crippen molar-refractivity contribution in [2.45, 2.75) is 39.7 Å². The smallest absolute Gasteiger partial charge is 0.284 e. The zero-order valence-corrected chi connectivity index (χ0v) is 14.4. The molecule has 1 saturated heterocycles. The number of fused-ring (bicyclic) bond motifs is 2. The van der Waals surface area contributed by atoms with Crippen molar-refractivity contribution in [2.75, 3.05) is 13.1 Å². The Morgan fingerprint density at radius 3 is 2.68 bits per heavy atom. The van der Waals surface area contributed by atoms with Crippen LogP contribution in [0.2, 0.25) is 0 Å². The molecule has 4 rings (SSSR count). The van der Waals surface area contributed by atoms with Gasteiger partial charge in [-0.05, 0) is 45.3 Å². The summed E-state index contributed by atoms with van der Waals surface area (Å²) >= 11 is 3.14. The molecule has 22 heavy (non-hydrogen) atoms. The number of piperidine rings is 1. The third-order valence-electron chi connectivity index (χ3n) is 4.38. The molecule has 3 aromatic heterocycles. The standard InChI is InChI=1S/C15H18N4OS2/c1-9-10(2)21-13-12(9)14(20)19-15(16-13)22-11(17-19)8-18-6-4-3-5-7-18/h3-8H2,1-2H3. The SMILES string of the molecule is Cc1sc2nc3sc(CN4CCCCC4)nn3c(=O)c2c1C. The Morgan fingerprint density at radius 2 is 1.91 bits per heavy atom. The predicted molar refractivity (Wildman–Crippen MR) is 91.1 cm³/mol. The highest BCUT2D eigenvalue weighted by atomic mass is 32.1. The van der Waals surface area contributed by atoms with Crippen molar-refractivity contribution >= 4 is 37.9 Å². The molecule has 116 valence electrons. The zero-order valence-electron chi connectivity index (χ0n) is 12.8. The topological polar surface area (TPSA) is 50.5 Å². The Hall–Kier alpha value is -1.31. The summed E-state index contributed by atoms with van der Waals surface area (Å²) in [7, 11) is 0. The second kappa shape index (κ2) is 5.40. The van der Waals surface area contributed by atoms with Gasteiger partial charge in [-0.25, -0.2) is 4.98 Å². The fourth-order valence-electron chi connectivity index (χ4n) is 3.03. The lowest BCUT2D eigenvalue weighted by molar-refractivity contribution is 0.220. The van der Waals surface area contributed by atoms with Crippen LogP contribution in [0.15, 0.2) is 4.79 Å². The van der Waals surface area contributed by atoms with Crippen LogP contribution in [0.4, 0.5) is 0 Å². The van der Waals surface area contributed by atoms with Crippen LogP contribution in [-0.4, -0.2) is 32.6 Å². The molecule has 0 aromatic carbocycles. The molecule has 0 aliphatic carbocycles. The normalized spacial score (nSPS) is 16.8. The van der Waals surface area contributed by atoms with Gasteiger partial charge in [0.2, 0.25) is 4.96 Å². The first kappa shape index (κ1) is 14.3. The lowest BCUT2D eigenvalue weighted by Gasteiger charge is -2.24. The largest absolute Gasteiger partial charge is 0.297 e. The van der Waals surface area contributed by atoms with Crippen molar-refractivity contribution in [1.82, 2.24) is 19.5 Å². The Bertz CT molecular complexity index is 902. The fourth-order valence-corrected chi connectivity index (χ4v) is 5.04. The van der Waals surface area contributed by atoms with Gasteiger partial charge in [-0.15, -0.1) is 11.3 Å². The Balaban J connectivity index is 1.78. The number of rotatable bonds is 2. The predicted octanol–water partition coefficient (Wildman–Crippen LogP) is 2.97. The molecule has 0 amide bonds. The number of nitrogens with zero attached hydrogens (tertiary/aromatic N) is 4. The highest BCUT2D eigenvalue weighted by Gasteiger charge is 2.17. The van der Waals surface area contributed by atoms with E-state index in [2.05, 4.69) is 15.0 Å². The summed E-state index contributed by atoms with van der Waals surface area (Å²) in [6.07, 6.45) is 3.85. The van der Waals surface area contributed by atoms with Gasteiger partial charge in [-0.2, -0.15) is 9.61 Å². The Labute approximate surface area is 136 Å². The average molecular weight is 334 g/mol. The minimum atomic E-state index is -0.0250. The molecule has 7 heteroatoms. The van der Waals surface area contributed by atoms with Gasteiger partial charge in [0.15, 0.2) is 0 Å². The Kier molecular flexibility index (Phi) is 3.51. The van der Waals surface area contributed by atoms with Crippen molar-refractivity contribution in [2.24, 2.45) is 0 Å².